The molecule has 1 saturated carbocycles. The van der Waals surface area contributed by atoms with Crippen LogP contribution in [-0.4, -0.2) is 49.1 Å². The highest BCUT2D eigenvalue weighted by Gasteiger charge is 2.44. The van der Waals surface area contributed by atoms with Gasteiger partial charge in [0, 0.05) is 24.8 Å². The monoisotopic (exact) mass is 325 g/mol. The Hall–Kier alpha value is -1.33. The molecule has 120 valence electrons. The van der Waals surface area contributed by atoms with Crippen LogP contribution in [0.4, 0.5) is 14.9 Å². The van der Waals surface area contributed by atoms with Crippen molar-refractivity contribution < 1.29 is 9.18 Å². The fourth-order valence-electron chi connectivity index (χ4n) is 3.98. The number of rotatable bonds is 2. The van der Waals surface area contributed by atoms with Gasteiger partial charge in [-0.3, -0.25) is 0 Å². The quantitative estimate of drug-likeness (QED) is 0.905. The van der Waals surface area contributed by atoms with Crippen LogP contribution in [0.5, 0.6) is 0 Å². The second-order valence-electron chi connectivity index (χ2n) is 6.52. The van der Waals surface area contributed by atoms with E-state index >= 15 is 0 Å². The molecule has 1 aromatic rings. The van der Waals surface area contributed by atoms with E-state index in [4.69, 9.17) is 11.6 Å². The summed E-state index contributed by atoms with van der Waals surface area (Å²) in [4.78, 5) is 16.5. The smallest absolute Gasteiger partial charge is 0.321 e. The Morgan fingerprint density at radius 2 is 1.95 bits per heavy atom. The summed E-state index contributed by atoms with van der Waals surface area (Å²) < 4.78 is 13.4. The molecule has 0 radical (unpaired) electrons. The number of urea groups is 1. The number of halogens is 2. The maximum absolute atomic E-state index is 13.4. The van der Waals surface area contributed by atoms with Crippen molar-refractivity contribution in [2.45, 2.75) is 18.9 Å². The Morgan fingerprint density at radius 3 is 2.50 bits per heavy atom. The number of nitrogens with zero attached hydrogens (tertiary/aromatic N) is 2. The molecule has 22 heavy (non-hydrogen) atoms. The van der Waals surface area contributed by atoms with Gasteiger partial charge >= 0.3 is 6.03 Å². The van der Waals surface area contributed by atoms with Crippen LogP contribution in [0.25, 0.3) is 0 Å². The largest absolute Gasteiger partial charge is 0.324 e. The van der Waals surface area contributed by atoms with Gasteiger partial charge in [-0.15, -0.1) is 0 Å². The summed E-state index contributed by atoms with van der Waals surface area (Å²) >= 11 is 5.66. The molecule has 2 amide bonds. The van der Waals surface area contributed by atoms with E-state index in [9.17, 15) is 9.18 Å². The first-order valence-corrected chi connectivity index (χ1v) is 8.01. The Morgan fingerprint density at radius 1 is 1.32 bits per heavy atom. The minimum Gasteiger partial charge on any atom is -0.324 e. The second kappa shape index (κ2) is 6.05. The van der Waals surface area contributed by atoms with E-state index in [2.05, 4.69) is 24.3 Å². The molecule has 4 nitrogen and oxygen atoms in total. The highest BCUT2D eigenvalue weighted by Crippen LogP contribution is 2.39. The van der Waals surface area contributed by atoms with E-state index in [1.165, 1.54) is 25.0 Å². The summed E-state index contributed by atoms with van der Waals surface area (Å²) in [5.41, 5.74) is 0.439. The van der Waals surface area contributed by atoms with Crippen molar-refractivity contribution in [3.8, 4) is 0 Å². The number of nitrogens with one attached hydrogen (secondary N) is 1. The van der Waals surface area contributed by atoms with Crippen LogP contribution in [0.1, 0.15) is 12.8 Å². The molecule has 3 rings (SSSR count). The van der Waals surface area contributed by atoms with Gasteiger partial charge in [-0.2, -0.15) is 0 Å². The molecule has 6 heteroatoms. The number of hydrogen-bond acceptors (Lipinski definition) is 2. The number of anilines is 1. The molecular formula is C16H21ClFN3O. The van der Waals surface area contributed by atoms with Crippen molar-refractivity contribution in [3.63, 3.8) is 0 Å². The van der Waals surface area contributed by atoms with Gasteiger partial charge in [-0.1, -0.05) is 11.6 Å². The van der Waals surface area contributed by atoms with E-state index in [0.717, 1.165) is 13.1 Å². The van der Waals surface area contributed by atoms with E-state index in [-0.39, 0.29) is 11.1 Å². The van der Waals surface area contributed by atoms with Crippen LogP contribution in [0.15, 0.2) is 18.2 Å². The van der Waals surface area contributed by atoms with Gasteiger partial charge in [0.05, 0.1) is 5.02 Å². The molecule has 2 atom stereocenters. The fraction of sp³-hybridized carbons (Fsp3) is 0.562. The van der Waals surface area contributed by atoms with E-state index in [1.54, 1.807) is 6.07 Å². The molecule has 2 aliphatic rings. The number of likely N-dealkylation sites (tertiary alicyclic amines) is 1. The lowest BCUT2D eigenvalue weighted by atomic mass is 9.91. The summed E-state index contributed by atoms with van der Waals surface area (Å²) in [5.74, 6) is 0.536. The molecule has 2 unspecified atom stereocenters. The van der Waals surface area contributed by atoms with Crippen molar-refractivity contribution in [3.05, 3.63) is 29.0 Å². The molecule has 2 fully saturated rings. The topological polar surface area (TPSA) is 35.6 Å². The number of benzene rings is 1. The lowest BCUT2D eigenvalue weighted by Crippen LogP contribution is -2.53. The van der Waals surface area contributed by atoms with Crippen LogP contribution in [0, 0.1) is 17.7 Å². The van der Waals surface area contributed by atoms with Crippen molar-refractivity contribution in [1.82, 2.24) is 9.80 Å². The van der Waals surface area contributed by atoms with E-state index in [0.29, 0.717) is 23.6 Å². The Bertz CT molecular complexity index is 567. The molecule has 1 N–H and O–H groups in total. The normalized spacial score (nSPS) is 27.3. The summed E-state index contributed by atoms with van der Waals surface area (Å²) in [5, 5.41) is 2.83. The number of amides is 2. The Labute approximate surface area is 135 Å². The van der Waals surface area contributed by atoms with Gasteiger partial charge in [0.15, 0.2) is 0 Å². The summed E-state index contributed by atoms with van der Waals surface area (Å²) in [6.45, 7) is 1.53. The van der Waals surface area contributed by atoms with Gasteiger partial charge in [-0.25, -0.2) is 9.18 Å². The predicted molar refractivity (Wildman–Crippen MR) is 85.7 cm³/mol. The van der Waals surface area contributed by atoms with Gasteiger partial charge in [0.25, 0.3) is 0 Å². The van der Waals surface area contributed by atoms with Crippen LogP contribution >= 0.6 is 11.6 Å². The molecule has 1 heterocycles. The zero-order valence-corrected chi connectivity index (χ0v) is 13.6. The lowest BCUT2D eigenvalue weighted by molar-refractivity contribution is 0.0953. The third kappa shape index (κ3) is 2.92. The Balaban J connectivity index is 1.66. The molecule has 0 spiro atoms. The second-order valence-corrected chi connectivity index (χ2v) is 6.92. The number of carbonyl (C=O) groups excluding carboxylic acids is 1. The fourth-order valence-corrected chi connectivity index (χ4v) is 4.10. The van der Waals surface area contributed by atoms with E-state index in [1.807, 2.05) is 4.90 Å². The number of hydrogen-bond donors (Lipinski definition) is 1. The molecule has 1 aliphatic carbocycles. The van der Waals surface area contributed by atoms with E-state index < -0.39 is 5.82 Å². The minimum absolute atomic E-state index is 0.0582. The van der Waals surface area contributed by atoms with Crippen LogP contribution in [-0.2, 0) is 0 Å². The van der Waals surface area contributed by atoms with Gasteiger partial charge in [-0.05, 0) is 57.0 Å². The first kappa shape index (κ1) is 15.6. The van der Waals surface area contributed by atoms with Crippen LogP contribution < -0.4 is 5.32 Å². The molecule has 0 aromatic heterocycles. The first-order chi connectivity index (χ1) is 10.5. The van der Waals surface area contributed by atoms with Crippen molar-refractivity contribution in [1.29, 1.82) is 0 Å². The van der Waals surface area contributed by atoms with Gasteiger partial charge in [0.2, 0.25) is 0 Å². The highest BCUT2D eigenvalue weighted by molar-refractivity contribution is 6.30. The van der Waals surface area contributed by atoms with Crippen molar-refractivity contribution in [2.24, 2.45) is 11.8 Å². The summed E-state index contributed by atoms with van der Waals surface area (Å²) in [6.07, 6.45) is 2.35. The molecule has 2 bridgehead atoms. The maximum atomic E-state index is 13.4. The van der Waals surface area contributed by atoms with Crippen LogP contribution in [0.3, 0.4) is 0 Å². The summed E-state index contributed by atoms with van der Waals surface area (Å²) in [7, 11) is 4.23. The number of piperidine rings is 1. The maximum Gasteiger partial charge on any atom is 0.321 e. The minimum atomic E-state index is -0.522. The number of carbonyl (C=O) groups is 1. The zero-order valence-electron chi connectivity index (χ0n) is 12.9. The standard InChI is InChI=1S/C16H21ClFN3O/c1-20(2)15-10-3-4-11(15)9-21(8-10)16(22)19-12-5-6-13(17)14(18)7-12/h5-7,10-11,15H,3-4,8-9H2,1-2H3,(H,19,22). The van der Waals surface area contributed by atoms with Crippen LogP contribution in [0.2, 0.25) is 5.02 Å². The van der Waals surface area contributed by atoms with Crippen molar-refractivity contribution in [2.75, 3.05) is 32.5 Å². The SMILES string of the molecule is CN(C)C1C2CCC1CN(C(=O)Nc1ccc(Cl)c(F)c1)C2. The molecule has 1 saturated heterocycles. The Kier molecular flexibility index (Phi) is 4.28. The first-order valence-electron chi connectivity index (χ1n) is 7.63. The molecular weight excluding hydrogens is 305 g/mol. The number of fused-ring (bicyclic) bond motifs is 2. The third-order valence-electron chi connectivity index (χ3n) is 4.84. The van der Waals surface area contributed by atoms with Gasteiger partial charge in [0.1, 0.15) is 5.82 Å². The third-order valence-corrected chi connectivity index (χ3v) is 5.14. The molecule has 1 aliphatic heterocycles. The van der Waals surface area contributed by atoms with Crippen molar-refractivity contribution >= 4 is 23.3 Å². The highest BCUT2D eigenvalue weighted by atomic mass is 35.5. The van der Waals surface area contributed by atoms with Gasteiger partial charge < -0.3 is 15.1 Å². The molecule has 1 aromatic carbocycles. The average molecular weight is 326 g/mol. The lowest BCUT2D eigenvalue weighted by Gasteiger charge is -2.41. The summed E-state index contributed by atoms with van der Waals surface area (Å²) in [6, 6.07) is 4.73. The average Bonchev–Trinajstić information content (AvgIpc) is 2.74. The predicted octanol–water partition coefficient (Wildman–Crippen LogP) is 3.28. The zero-order chi connectivity index (χ0) is 15.9.